The van der Waals surface area contributed by atoms with Gasteiger partial charge in [0.05, 0.1) is 18.6 Å². The summed E-state index contributed by atoms with van der Waals surface area (Å²) in [6.45, 7) is 0.381. The minimum atomic E-state index is -1.54. The number of hydrogen-bond donors (Lipinski definition) is 2. The molecule has 32 heavy (non-hydrogen) atoms. The lowest BCUT2D eigenvalue weighted by Crippen LogP contribution is -2.41. The van der Waals surface area contributed by atoms with Gasteiger partial charge in [-0.2, -0.15) is 0 Å². The van der Waals surface area contributed by atoms with Gasteiger partial charge in [0.15, 0.2) is 17.5 Å². The molecule has 1 aliphatic rings. The smallest absolute Gasteiger partial charge is 0.254 e. The van der Waals surface area contributed by atoms with Gasteiger partial charge in [0.2, 0.25) is 0 Å². The topological polar surface area (TPSA) is 74.0 Å². The summed E-state index contributed by atoms with van der Waals surface area (Å²) in [6.07, 6.45) is 5.44. The number of imidazole rings is 1. The average molecular weight is 439 g/mol. The molecule has 1 fully saturated rings. The summed E-state index contributed by atoms with van der Waals surface area (Å²) in [6, 6.07) is 8.84. The number of nitrogens with one attached hydrogen (secondary N) is 2. The molecule has 0 unspecified atom stereocenters. The SMILES string of the molecule is CN/C(=C1/CCN(C(=O)c2ccc(-n3ccnc3)cc2)CC1=N)c1cc(F)c(F)c(F)c1. The molecule has 0 aliphatic carbocycles. The standard InChI is InChI=1S/C23H20F3N5O/c1-28-22(15-10-18(24)21(26)19(25)11-15)17-6-8-30(12-20(17)27)23(32)14-2-4-16(5-3-14)31-9-7-29-13-31/h2-5,7,9-11,13,27-28H,6,8,12H2,1H3/b22-17-,27-20?. The van der Waals surface area contributed by atoms with Gasteiger partial charge in [-0.15, -0.1) is 0 Å². The second kappa shape index (κ2) is 8.70. The maximum atomic E-state index is 13.7. The highest BCUT2D eigenvalue weighted by molar-refractivity contribution is 6.08. The third kappa shape index (κ3) is 4.01. The Bertz CT molecular complexity index is 1180. The Labute approximate surface area is 182 Å². The molecule has 2 N–H and O–H groups in total. The number of hydrogen-bond acceptors (Lipinski definition) is 4. The highest BCUT2D eigenvalue weighted by Gasteiger charge is 2.27. The summed E-state index contributed by atoms with van der Waals surface area (Å²) in [5, 5.41) is 11.3. The van der Waals surface area contributed by atoms with E-state index in [0.29, 0.717) is 29.8 Å². The molecule has 1 amide bonds. The van der Waals surface area contributed by atoms with Crippen molar-refractivity contribution in [2.75, 3.05) is 20.1 Å². The molecule has 2 heterocycles. The van der Waals surface area contributed by atoms with Gasteiger partial charge < -0.3 is 20.2 Å². The van der Waals surface area contributed by atoms with Crippen LogP contribution < -0.4 is 5.32 Å². The highest BCUT2D eigenvalue weighted by Crippen LogP contribution is 2.26. The van der Waals surface area contributed by atoms with Crippen molar-refractivity contribution >= 4 is 17.3 Å². The Morgan fingerprint density at radius 3 is 2.34 bits per heavy atom. The fourth-order valence-corrected chi connectivity index (χ4v) is 3.75. The zero-order valence-electron chi connectivity index (χ0n) is 17.2. The van der Waals surface area contributed by atoms with E-state index in [0.717, 1.165) is 17.8 Å². The normalized spacial score (nSPS) is 15.6. The predicted octanol–water partition coefficient (Wildman–Crippen LogP) is 3.79. The fourth-order valence-electron chi connectivity index (χ4n) is 3.75. The third-order valence-corrected chi connectivity index (χ3v) is 5.37. The van der Waals surface area contributed by atoms with E-state index < -0.39 is 17.5 Å². The first-order valence-electron chi connectivity index (χ1n) is 9.90. The van der Waals surface area contributed by atoms with Crippen molar-refractivity contribution in [3.8, 4) is 5.69 Å². The molecular formula is C23H20F3N5O. The number of carbonyl (C=O) groups is 1. The maximum Gasteiger partial charge on any atom is 0.254 e. The molecule has 1 aromatic heterocycles. The lowest BCUT2D eigenvalue weighted by Gasteiger charge is -2.30. The van der Waals surface area contributed by atoms with E-state index in [9.17, 15) is 18.0 Å². The fraction of sp³-hybridized carbons (Fsp3) is 0.174. The third-order valence-electron chi connectivity index (χ3n) is 5.37. The van der Waals surface area contributed by atoms with Crippen molar-refractivity contribution < 1.29 is 18.0 Å². The van der Waals surface area contributed by atoms with E-state index in [-0.39, 0.29) is 23.7 Å². The van der Waals surface area contributed by atoms with Gasteiger partial charge in [-0.25, -0.2) is 18.2 Å². The summed E-state index contributed by atoms with van der Waals surface area (Å²) in [4.78, 5) is 18.5. The number of carbonyl (C=O) groups excluding carboxylic acids is 1. The Balaban J connectivity index is 1.53. The molecule has 1 saturated heterocycles. The van der Waals surface area contributed by atoms with Crippen LogP contribution in [0, 0.1) is 22.9 Å². The van der Waals surface area contributed by atoms with Crippen LogP contribution in [0.5, 0.6) is 0 Å². The Morgan fingerprint density at radius 1 is 1.09 bits per heavy atom. The maximum absolute atomic E-state index is 13.7. The zero-order chi connectivity index (χ0) is 22.8. The largest absolute Gasteiger partial charge is 0.387 e. The Kier molecular flexibility index (Phi) is 5.81. The lowest BCUT2D eigenvalue weighted by molar-refractivity contribution is 0.0775. The van der Waals surface area contributed by atoms with Crippen LogP contribution in [0.3, 0.4) is 0 Å². The van der Waals surface area contributed by atoms with Gasteiger partial charge in [0.1, 0.15) is 0 Å². The van der Waals surface area contributed by atoms with Crippen molar-refractivity contribution in [3.63, 3.8) is 0 Å². The quantitative estimate of drug-likeness (QED) is 0.608. The number of nitrogens with zero attached hydrogens (tertiary/aromatic N) is 3. The number of piperidine rings is 1. The van der Waals surface area contributed by atoms with Gasteiger partial charge in [-0.3, -0.25) is 4.79 Å². The van der Waals surface area contributed by atoms with Gasteiger partial charge >= 0.3 is 0 Å². The molecule has 2 aromatic carbocycles. The minimum absolute atomic E-state index is 0.0504. The highest BCUT2D eigenvalue weighted by atomic mass is 19.2. The van der Waals surface area contributed by atoms with Crippen LogP contribution in [0.4, 0.5) is 13.2 Å². The van der Waals surface area contributed by atoms with Crippen molar-refractivity contribution in [3.05, 3.63) is 89.3 Å². The van der Waals surface area contributed by atoms with Crippen molar-refractivity contribution in [2.45, 2.75) is 6.42 Å². The second-order valence-corrected chi connectivity index (χ2v) is 7.33. The molecule has 6 nitrogen and oxygen atoms in total. The summed E-state index contributed by atoms with van der Waals surface area (Å²) in [5.41, 5.74) is 2.48. The van der Waals surface area contributed by atoms with Crippen LogP contribution in [0.25, 0.3) is 11.4 Å². The van der Waals surface area contributed by atoms with Crippen molar-refractivity contribution in [1.29, 1.82) is 5.41 Å². The molecule has 0 radical (unpaired) electrons. The number of benzene rings is 2. The minimum Gasteiger partial charge on any atom is -0.387 e. The number of aromatic nitrogens is 2. The molecule has 0 bridgehead atoms. The van der Waals surface area contributed by atoms with Crippen LogP contribution in [-0.4, -0.2) is 46.2 Å². The summed E-state index contributed by atoms with van der Waals surface area (Å²) in [7, 11) is 1.56. The van der Waals surface area contributed by atoms with Crippen LogP contribution in [0.2, 0.25) is 0 Å². The van der Waals surface area contributed by atoms with Crippen LogP contribution in [0.15, 0.2) is 60.7 Å². The van der Waals surface area contributed by atoms with E-state index in [1.165, 1.54) is 0 Å². The molecule has 9 heteroatoms. The number of amides is 1. The summed E-state index contributed by atoms with van der Waals surface area (Å²) >= 11 is 0. The molecule has 164 valence electrons. The number of rotatable bonds is 4. The summed E-state index contributed by atoms with van der Waals surface area (Å²) < 4.78 is 42.5. The zero-order valence-corrected chi connectivity index (χ0v) is 17.2. The molecule has 0 saturated carbocycles. The molecule has 1 aliphatic heterocycles. The van der Waals surface area contributed by atoms with Crippen LogP contribution >= 0.6 is 0 Å². The number of halogens is 3. The van der Waals surface area contributed by atoms with E-state index >= 15 is 0 Å². The van der Waals surface area contributed by atoms with Crippen molar-refractivity contribution in [1.82, 2.24) is 19.8 Å². The van der Waals surface area contributed by atoms with E-state index in [1.54, 1.807) is 42.8 Å². The van der Waals surface area contributed by atoms with E-state index in [4.69, 9.17) is 5.41 Å². The molecule has 0 spiro atoms. The van der Waals surface area contributed by atoms with Gasteiger partial charge in [-0.05, 0) is 42.8 Å². The Hall–Kier alpha value is -3.88. The number of likely N-dealkylation sites (tertiary alicyclic amines) is 1. The van der Waals surface area contributed by atoms with Crippen LogP contribution in [0.1, 0.15) is 22.3 Å². The molecular weight excluding hydrogens is 419 g/mol. The monoisotopic (exact) mass is 439 g/mol. The second-order valence-electron chi connectivity index (χ2n) is 7.33. The van der Waals surface area contributed by atoms with Gasteiger partial charge in [0.25, 0.3) is 5.91 Å². The molecule has 4 rings (SSSR count). The first-order chi connectivity index (χ1) is 15.4. The average Bonchev–Trinajstić information content (AvgIpc) is 3.33. The summed E-state index contributed by atoms with van der Waals surface area (Å²) in [5.74, 6) is -4.35. The first-order valence-corrected chi connectivity index (χ1v) is 9.90. The Morgan fingerprint density at radius 2 is 1.78 bits per heavy atom. The van der Waals surface area contributed by atoms with Gasteiger partial charge in [0, 0.05) is 54.1 Å². The lowest BCUT2D eigenvalue weighted by atomic mass is 9.95. The van der Waals surface area contributed by atoms with Gasteiger partial charge in [-0.1, -0.05) is 0 Å². The molecule has 3 aromatic rings. The van der Waals surface area contributed by atoms with E-state index in [2.05, 4.69) is 10.3 Å². The van der Waals surface area contributed by atoms with E-state index in [1.807, 2.05) is 16.7 Å². The van der Waals surface area contributed by atoms with Crippen molar-refractivity contribution in [2.24, 2.45) is 0 Å². The molecule has 0 atom stereocenters. The first kappa shape index (κ1) is 21.4. The van der Waals surface area contributed by atoms with Crippen LogP contribution in [-0.2, 0) is 0 Å². The predicted molar refractivity (Wildman–Crippen MR) is 114 cm³/mol.